The molecular weight excluding hydrogens is 299 g/mol. The number of carbonyl (C=O) groups excluding carboxylic acids is 1. The molecule has 1 unspecified atom stereocenters. The standard InChI is InChI=1S/C14H16ClFN2O3/c1-8(14(20)21)9-5-18(6-9)7-13(19)17-12-3-2-10(16)4-11(12)15/h2-4,8-9H,5-7H2,1H3,(H,17,19)(H,20,21). The highest BCUT2D eigenvalue weighted by Crippen LogP contribution is 2.25. The van der Waals surface area contributed by atoms with E-state index in [9.17, 15) is 14.0 Å². The fourth-order valence-corrected chi connectivity index (χ4v) is 2.45. The fourth-order valence-electron chi connectivity index (χ4n) is 2.24. The van der Waals surface area contributed by atoms with Crippen molar-refractivity contribution in [1.29, 1.82) is 0 Å². The van der Waals surface area contributed by atoms with Crippen LogP contribution in [0.5, 0.6) is 0 Å². The average Bonchev–Trinajstić information content (AvgIpc) is 2.36. The monoisotopic (exact) mass is 314 g/mol. The van der Waals surface area contributed by atoms with E-state index in [1.54, 1.807) is 6.92 Å². The number of carbonyl (C=O) groups is 2. The van der Waals surface area contributed by atoms with Crippen molar-refractivity contribution < 1.29 is 19.1 Å². The number of nitrogens with zero attached hydrogens (tertiary/aromatic N) is 1. The first kappa shape index (κ1) is 15.7. The number of benzene rings is 1. The van der Waals surface area contributed by atoms with Crippen molar-refractivity contribution in [1.82, 2.24) is 4.90 Å². The quantitative estimate of drug-likeness (QED) is 0.873. The third-order valence-corrected chi connectivity index (χ3v) is 3.97. The van der Waals surface area contributed by atoms with Gasteiger partial charge in [0.25, 0.3) is 0 Å². The van der Waals surface area contributed by atoms with Gasteiger partial charge in [0.2, 0.25) is 5.91 Å². The van der Waals surface area contributed by atoms with Crippen molar-refractivity contribution in [2.45, 2.75) is 6.92 Å². The second-order valence-corrected chi connectivity index (χ2v) is 5.66. The van der Waals surface area contributed by atoms with E-state index in [0.29, 0.717) is 18.8 Å². The largest absolute Gasteiger partial charge is 0.481 e. The molecule has 0 aromatic heterocycles. The van der Waals surface area contributed by atoms with Gasteiger partial charge in [-0.2, -0.15) is 0 Å². The van der Waals surface area contributed by atoms with Crippen LogP contribution in [0.25, 0.3) is 0 Å². The van der Waals surface area contributed by atoms with Gasteiger partial charge in [0.15, 0.2) is 0 Å². The number of likely N-dealkylation sites (tertiary alicyclic amines) is 1. The zero-order valence-corrected chi connectivity index (χ0v) is 12.2. The van der Waals surface area contributed by atoms with E-state index in [2.05, 4.69) is 5.32 Å². The molecule has 1 saturated heterocycles. The van der Waals surface area contributed by atoms with Gasteiger partial charge in [-0.3, -0.25) is 14.5 Å². The first-order valence-corrected chi connectivity index (χ1v) is 6.94. The molecule has 2 rings (SSSR count). The first-order valence-electron chi connectivity index (χ1n) is 6.57. The van der Waals surface area contributed by atoms with Crippen LogP contribution < -0.4 is 5.32 Å². The van der Waals surface area contributed by atoms with Gasteiger partial charge < -0.3 is 10.4 Å². The van der Waals surface area contributed by atoms with Crippen LogP contribution in [0.3, 0.4) is 0 Å². The maximum absolute atomic E-state index is 12.9. The molecule has 1 fully saturated rings. The molecule has 0 saturated carbocycles. The van der Waals surface area contributed by atoms with Gasteiger partial charge in [-0.1, -0.05) is 18.5 Å². The molecular formula is C14H16ClFN2O3. The summed E-state index contributed by atoms with van der Waals surface area (Å²) in [5.41, 5.74) is 0.360. The third kappa shape index (κ3) is 3.92. The van der Waals surface area contributed by atoms with Gasteiger partial charge in [-0.05, 0) is 24.1 Å². The lowest BCUT2D eigenvalue weighted by Crippen LogP contribution is -2.53. The number of carboxylic acids is 1. The van der Waals surface area contributed by atoms with Crippen LogP contribution in [0, 0.1) is 17.7 Å². The molecule has 2 N–H and O–H groups in total. The van der Waals surface area contributed by atoms with Gasteiger partial charge in [0.05, 0.1) is 23.2 Å². The lowest BCUT2D eigenvalue weighted by molar-refractivity contribution is -0.145. The van der Waals surface area contributed by atoms with Crippen molar-refractivity contribution in [3.63, 3.8) is 0 Å². The van der Waals surface area contributed by atoms with Crippen molar-refractivity contribution in [2.75, 3.05) is 25.0 Å². The van der Waals surface area contributed by atoms with Gasteiger partial charge in [0, 0.05) is 13.1 Å². The number of anilines is 1. The zero-order valence-electron chi connectivity index (χ0n) is 11.5. The van der Waals surface area contributed by atoms with Crippen LogP contribution in [0.15, 0.2) is 18.2 Å². The van der Waals surface area contributed by atoms with E-state index in [1.807, 2.05) is 4.90 Å². The molecule has 114 valence electrons. The van der Waals surface area contributed by atoms with Gasteiger partial charge in [-0.15, -0.1) is 0 Å². The topological polar surface area (TPSA) is 69.6 Å². The SMILES string of the molecule is CC(C(=O)O)C1CN(CC(=O)Nc2ccc(F)cc2Cl)C1. The lowest BCUT2D eigenvalue weighted by atomic mass is 9.87. The maximum atomic E-state index is 12.9. The highest BCUT2D eigenvalue weighted by Gasteiger charge is 2.35. The molecule has 1 amide bonds. The number of nitrogens with one attached hydrogen (secondary N) is 1. The average molecular weight is 315 g/mol. The predicted octanol–water partition coefficient (Wildman–Crippen LogP) is 2.07. The molecule has 0 bridgehead atoms. The Balaban J connectivity index is 1.80. The molecule has 0 radical (unpaired) electrons. The Morgan fingerprint density at radius 3 is 2.76 bits per heavy atom. The minimum atomic E-state index is -0.817. The van der Waals surface area contributed by atoms with E-state index >= 15 is 0 Å². The van der Waals surface area contributed by atoms with Gasteiger partial charge in [-0.25, -0.2) is 4.39 Å². The Labute approximate surface area is 126 Å². The van der Waals surface area contributed by atoms with Crippen molar-refractivity contribution in [3.05, 3.63) is 29.0 Å². The number of halogens is 2. The highest BCUT2D eigenvalue weighted by molar-refractivity contribution is 6.33. The Morgan fingerprint density at radius 1 is 1.52 bits per heavy atom. The summed E-state index contributed by atoms with van der Waals surface area (Å²) in [6.45, 7) is 3.00. The van der Waals surface area contributed by atoms with Gasteiger partial charge in [0.1, 0.15) is 5.82 Å². The third-order valence-electron chi connectivity index (χ3n) is 3.65. The summed E-state index contributed by atoms with van der Waals surface area (Å²) in [5, 5.41) is 11.6. The second kappa shape index (κ2) is 6.41. The van der Waals surface area contributed by atoms with Gasteiger partial charge >= 0.3 is 5.97 Å². The van der Waals surface area contributed by atoms with E-state index in [0.717, 1.165) is 6.07 Å². The van der Waals surface area contributed by atoms with Crippen molar-refractivity contribution in [2.24, 2.45) is 11.8 Å². The number of carboxylic acid groups (broad SMARTS) is 1. The fraction of sp³-hybridized carbons (Fsp3) is 0.429. The molecule has 0 aliphatic carbocycles. The molecule has 5 nitrogen and oxygen atoms in total. The second-order valence-electron chi connectivity index (χ2n) is 5.25. The first-order chi connectivity index (χ1) is 9.86. The summed E-state index contributed by atoms with van der Waals surface area (Å²) in [6.07, 6.45) is 0. The zero-order chi connectivity index (χ0) is 15.6. The minimum absolute atomic E-state index is 0.0738. The molecule has 0 spiro atoms. The molecule has 21 heavy (non-hydrogen) atoms. The highest BCUT2D eigenvalue weighted by atomic mass is 35.5. The molecule has 7 heteroatoms. The van der Waals surface area contributed by atoms with E-state index in [1.165, 1.54) is 12.1 Å². The normalized spacial score (nSPS) is 17.1. The maximum Gasteiger partial charge on any atom is 0.306 e. The molecule has 1 aromatic carbocycles. The molecule has 1 aliphatic heterocycles. The number of hydrogen-bond acceptors (Lipinski definition) is 3. The Bertz CT molecular complexity index is 561. The summed E-state index contributed by atoms with van der Waals surface area (Å²) in [6, 6.07) is 3.75. The van der Waals surface area contributed by atoms with Crippen LogP contribution in [0.1, 0.15) is 6.92 Å². The Kier molecular flexibility index (Phi) is 4.80. The summed E-state index contributed by atoms with van der Waals surface area (Å²) in [5.74, 6) is -1.88. The molecule has 1 aromatic rings. The van der Waals surface area contributed by atoms with Crippen LogP contribution >= 0.6 is 11.6 Å². The van der Waals surface area contributed by atoms with Crippen molar-refractivity contribution in [3.8, 4) is 0 Å². The van der Waals surface area contributed by atoms with Crippen LogP contribution in [-0.2, 0) is 9.59 Å². The minimum Gasteiger partial charge on any atom is -0.481 e. The number of hydrogen-bond donors (Lipinski definition) is 2. The number of rotatable bonds is 5. The molecule has 1 heterocycles. The van der Waals surface area contributed by atoms with Crippen LogP contribution in [0.4, 0.5) is 10.1 Å². The predicted molar refractivity (Wildman–Crippen MR) is 76.8 cm³/mol. The summed E-state index contributed by atoms with van der Waals surface area (Å²) < 4.78 is 12.9. The summed E-state index contributed by atoms with van der Waals surface area (Å²) >= 11 is 5.82. The van der Waals surface area contributed by atoms with E-state index < -0.39 is 17.7 Å². The smallest absolute Gasteiger partial charge is 0.306 e. The summed E-state index contributed by atoms with van der Waals surface area (Å²) in [4.78, 5) is 24.5. The van der Waals surface area contributed by atoms with E-state index in [4.69, 9.17) is 16.7 Å². The summed E-state index contributed by atoms with van der Waals surface area (Å²) in [7, 11) is 0. The number of amides is 1. The Morgan fingerprint density at radius 2 is 2.19 bits per heavy atom. The molecule has 1 atom stereocenters. The molecule has 1 aliphatic rings. The Hall–Kier alpha value is -1.66. The number of aliphatic carboxylic acids is 1. The van der Waals surface area contributed by atoms with Crippen LogP contribution in [0.2, 0.25) is 5.02 Å². The lowest BCUT2D eigenvalue weighted by Gasteiger charge is -2.40. The van der Waals surface area contributed by atoms with Crippen LogP contribution in [-0.4, -0.2) is 41.5 Å². The van der Waals surface area contributed by atoms with Crippen molar-refractivity contribution >= 4 is 29.2 Å². The van der Waals surface area contributed by atoms with E-state index in [-0.39, 0.29) is 23.4 Å².